The summed E-state index contributed by atoms with van der Waals surface area (Å²) in [5.41, 5.74) is 1.02. The van der Waals surface area contributed by atoms with Gasteiger partial charge in [0.05, 0.1) is 11.9 Å². The monoisotopic (exact) mass is 629 g/mol. The summed E-state index contributed by atoms with van der Waals surface area (Å²) in [5.74, 6) is -1.16. The molecule has 1 aliphatic carbocycles. The number of carbonyl (C=O) groups excluding carboxylic acids is 2. The molecule has 0 aliphatic heterocycles. The highest BCUT2D eigenvalue weighted by atomic mass is 127. The molecule has 0 heterocycles. The molecule has 0 aromatic heterocycles. The summed E-state index contributed by atoms with van der Waals surface area (Å²) in [6, 6.07) is 11.8. The van der Waals surface area contributed by atoms with Crippen LogP contribution in [0.15, 0.2) is 48.5 Å². The lowest BCUT2D eigenvalue weighted by Crippen LogP contribution is -2.53. The van der Waals surface area contributed by atoms with Gasteiger partial charge in [0.2, 0.25) is 21.8 Å². The van der Waals surface area contributed by atoms with Gasteiger partial charge in [0.1, 0.15) is 18.4 Å². The standard InChI is InChI=1S/C26H33FIN3O4S/c1-3-24(26(33)29-22-7-5-4-6-8-22)30(17-19-9-11-20(27)12-10-19)25(32)18-31(36(2,34)35)23-15-13-21(28)14-16-23/h9-16,22,24H,3-8,17-18H2,1-2H3,(H,29,33). The molecule has 0 spiro atoms. The van der Waals surface area contributed by atoms with E-state index in [1.54, 1.807) is 36.4 Å². The normalized spacial score (nSPS) is 15.2. The number of benzene rings is 2. The maximum Gasteiger partial charge on any atom is 0.244 e. The van der Waals surface area contributed by atoms with Crippen molar-refractivity contribution in [1.29, 1.82) is 0 Å². The van der Waals surface area contributed by atoms with Gasteiger partial charge in [0, 0.05) is 16.2 Å². The smallest absolute Gasteiger partial charge is 0.244 e. The Morgan fingerprint density at radius 2 is 1.67 bits per heavy atom. The maximum atomic E-state index is 13.7. The topological polar surface area (TPSA) is 86.8 Å². The van der Waals surface area contributed by atoms with Gasteiger partial charge >= 0.3 is 0 Å². The molecule has 1 unspecified atom stereocenters. The lowest BCUT2D eigenvalue weighted by Gasteiger charge is -2.34. The molecule has 1 N–H and O–H groups in total. The van der Waals surface area contributed by atoms with Crippen LogP contribution < -0.4 is 9.62 Å². The van der Waals surface area contributed by atoms with Gasteiger partial charge in [0.25, 0.3) is 0 Å². The second-order valence-electron chi connectivity index (χ2n) is 9.16. The molecule has 1 aliphatic rings. The summed E-state index contributed by atoms with van der Waals surface area (Å²) >= 11 is 2.12. The number of nitrogens with zero attached hydrogens (tertiary/aromatic N) is 2. The number of sulfonamides is 1. The molecular weight excluding hydrogens is 596 g/mol. The zero-order valence-electron chi connectivity index (χ0n) is 20.6. The van der Waals surface area contributed by atoms with Crippen molar-refractivity contribution in [2.24, 2.45) is 0 Å². The van der Waals surface area contributed by atoms with Crippen LogP contribution in [0.1, 0.15) is 51.0 Å². The Balaban J connectivity index is 1.89. The van der Waals surface area contributed by atoms with E-state index in [2.05, 4.69) is 27.9 Å². The number of rotatable bonds is 10. The van der Waals surface area contributed by atoms with Crippen LogP contribution in [0.3, 0.4) is 0 Å². The minimum atomic E-state index is -3.78. The molecule has 0 radical (unpaired) electrons. The summed E-state index contributed by atoms with van der Waals surface area (Å²) in [7, 11) is -3.78. The number of nitrogens with one attached hydrogen (secondary N) is 1. The van der Waals surface area contributed by atoms with Gasteiger partial charge in [-0.3, -0.25) is 13.9 Å². The number of carbonyl (C=O) groups is 2. The van der Waals surface area contributed by atoms with Gasteiger partial charge < -0.3 is 10.2 Å². The second-order valence-corrected chi connectivity index (χ2v) is 12.3. The lowest BCUT2D eigenvalue weighted by atomic mass is 9.95. The fraction of sp³-hybridized carbons (Fsp3) is 0.462. The predicted molar refractivity (Wildman–Crippen MR) is 147 cm³/mol. The van der Waals surface area contributed by atoms with Crippen molar-refractivity contribution in [1.82, 2.24) is 10.2 Å². The number of hydrogen-bond acceptors (Lipinski definition) is 4. The number of halogens is 2. The maximum absolute atomic E-state index is 13.7. The average Bonchev–Trinajstić information content (AvgIpc) is 2.84. The molecule has 7 nitrogen and oxygen atoms in total. The second kappa shape index (κ2) is 12.8. The Morgan fingerprint density at radius 3 is 2.22 bits per heavy atom. The van der Waals surface area contributed by atoms with E-state index in [0.29, 0.717) is 17.7 Å². The SMILES string of the molecule is CCC(C(=O)NC1CCCCC1)N(Cc1ccc(F)cc1)C(=O)CN(c1ccc(I)cc1)S(C)(=O)=O. The molecule has 2 aromatic rings. The quantitative estimate of drug-likeness (QED) is 0.394. The molecule has 1 atom stereocenters. The minimum absolute atomic E-state index is 0.0556. The van der Waals surface area contributed by atoms with Crippen molar-refractivity contribution in [3.05, 3.63) is 63.5 Å². The van der Waals surface area contributed by atoms with E-state index >= 15 is 0 Å². The first-order valence-electron chi connectivity index (χ1n) is 12.2. The van der Waals surface area contributed by atoms with Crippen molar-refractivity contribution in [3.63, 3.8) is 0 Å². The zero-order chi connectivity index (χ0) is 26.3. The highest BCUT2D eigenvalue weighted by Crippen LogP contribution is 2.22. The van der Waals surface area contributed by atoms with Crippen molar-refractivity contribution in [2.45, 2.75) is 64.1 Å². The number of amides is 2. The predicted octanol–water partition coefficient (Wildman–Crippen LogP) is 4.45. The Hall–Kier alpha value is -2.21. The lowest BCUT2D eigenvalue weighted by molar-refractivity contribution is -0.140. The van der Waals surface area contributed by atoms with Crippen LogP contribution >= 0.6 is 22.6 Å². The average molecular weight is 630 g/mol. The highest BCUT2D eigenvalue weighted by molar-refractivity contribution is 14.1. The molecule has 0 saturated heterocycles. The fourth-order valence-corrected chi connectivity index (χ4v) is 5.68. The molecule has 3 rings (SSSR count). The molecule has 2 amide bonds. The van der Waals surface area contributed by atoms with Crippen LogP contribution in [0, 0.1) is 9.39 Å². The van der Waals surface area contributed by atoms with E-state index in [-0.39, 0.29) is 18.5 Å². The first kappa shape index (κ1) is 28.4. The van der Waals surface area contributed by atoms with Crippen LogP contribution in [0.4, 0.5) is 10.1 Å². The first-order chi connectivity index (χ1) is 17.1. The third-order valence-electron chi connectivity index (χ3n) is 6.40. The van der Waals surface area contributed by atoms with Gasteiger partial charge in [-0.1, -0.05) is 38.3 Å². The Kier molecular flexibility index (Phi) is 10.1. The molecular formula is C26H33FIN3O4S. The molecule has 2 aromatic carbocycles. The molecule has 0 bridgehead atoms. The van der Waals surface area contributed by atoms with Crippen LogP contribution in [0.5, 0.6) is 0 Å². The molecule has 196 valence electrons. The molecule has 10 heteroatoms. The van der Waals surface area contributed by atoms with E-state index in [0.717, 1.165) is 46.2 Å². The summed E-state index contributed by atoms with van der Waals surface area (Å²) in [6.07, 6.45) is 6.48. The van der Waals surface area contributed by atoms with Crippen molar-refractivity contribution in [2.75, 3.05) is 17.1 Å². The van der Waals surface area contributed by atoms with E-state index in [4.69, 9.17) is 0 Å². The van der Waals surface area contributed by atoms with E-state index in [1.165, 1.54) is 17.0 Å². The van der Waals surface area contributed by atoms with Gasteiger partial charge in [-0.15, -0.1) is 0 Å². The third-order valence-corrected chi connectivity index (χ3v) is 8.26. The van der Waals surface area contributed by atoms with Crippen molar-refractivity contribution < 1.29 is 22.4 Å². The van der Waals surface area contributed by atoms with E-state index in [9.17, 15) is 22.4 Å². The van der Waals surface area contributed by atoms with E-state index in [1.807, 2.05) is 6.92 Å². The number of anilines is 1. The third kappa shape index (κ3) is 7.89. The first-order valence-corrected chi connectivity index (χ1v) is 15.1. The van der Waals surface area contributed by atoms with Gasteiger partial charge in [-0.2, -0.15) is 0 Å². The fourth-order valence-electron chi connectivity index (χ4n) is 4.47. The van der Waals surface area contributed by atoms with Gasteiger partial charge in [-0.25, -0.2) is 12.8 Å². The summed E-state index contributed by atoms with van der Waals surface area (Å²) in [5, 5.41) is 3.10. The van der Waals surface area contributed by atoms with Crippen LogP contribution in [-0.4, -0.2) is 50.0 Å². The molecule has 36 heavy (non-hydrogen) atoms. The Labute approximate surface area is 226 Å². The number of hydrogen-bond donors (Lipinski definition) is 1. The van der Waals surface area contributed by atoms with Crippen LogP contribution in [0.2, 0.25) is 0 Å². The Morgan fingerprint density at radius 1 is 1.06 bits per heavy atom. The van der Waals surface area contributed by atoms with Gasteiger partial charge in [0.15, 0.2) is 0 Å². The summed E-state index contributed by atoms with van der Waals surface area (Å²) in [6.45, 7) is 1.43. The Bertz CT molecular complexity index is 1140. The summed E-state index contributed by atoms with van der Waals surface area (Å²) in [4.78, 5) is 28.4. The van der Waals surface area contributed by atoms with Crippen molar-refractivity contribution >= 4 is 50.1 Å². The molecule has 1 fully saturated rings. The van der Waals surface area contributed by atoms with Crippen molar-refractivity contribution in [3.8, 4) is 0 Å². The largest absolute Gasteiger partial charge is 0.352 e. The van der Waals surface area contributed by atoms with Crippen LogP contribution in [-0.2, 0) is 26.2 Å². The van der Waals surface area contributed by atoms with Gasteiger partial charge in [-0.05, 0) is 83.8 Å². The van der Waals surface area contributed by atoms with E-state index < -0.39 is 34.3 Å². The summed E-state index contributed by atoms with van der Waals surface area (Å²) < 4.78 is 40.8. The molecule has 1 saturated carbocycles. The highest BCUT2D eigenvalue weighted by Gasteiger charge is 2.32. The zero-order valence-corrected chi connectivity index (χ0v) is 23.6. The minimum Gasteiger partial charge on any atom is -0.352 e. The van der Waals surface area contributed by atoms with Crippen LogP contribution in [0.25, 0.3) is 0 Å².